The van der Waals surface area contributed by atoms with Crippen LogP contribution in [-0.2, 0) is 19.1 Å². The average Bonchev–Trinajstić information content (AvgIpc) is 2.70. The first kappa shape index (κ1) is 13.2. The van der Waals surface area contributed by atoms with Gasteiger partial charge in [0.2, 0.25) is 5.91 Å². The van der Waals surface area contributed by atoms with Gasteiger partial charge in [0.1, 0.15) is 12.6 Å². The number of carbonyl (C=O) groups is 3. The molecule has 1 aliphatic rings. The van der Waals surface area contributed by atoms with Crippen molar-refractivity contribution in [2.24, 2.45) is 11.5 Å². The van der Waals surface area contributed by atoms with Crippen LogP contribution in [0.5, 0.6) is 0 Å². The summed E-state index contributed by atoms with van der Waals surface area (Å²) in [6.07, 6.45) is -0.214. The zero-order valence-corrected chi connectivity index (χ0v) is 9.42. The van der Waals surface area contributed by atoms with Crippen LogP contribution in [0.25, 0.3) is 0 Å². The van der Waals surface area contributed by atoms with E-state index in [9.17, 15) is 14.4 Å². The molecule has 0 aromatic heterocycles. The van der Waals surface area contributed by atoms with Gasteiger partial charge in [0.15, 0.2) is 0 Å². The summed E-state index contributed by atoms with van der Waals surface area (Å²) in [7, 11) is 1.24. The fourth-order valence-electron chi connectivity index (χ4n) is 1.68. The number of hydrogen-bond donors (Lipinski definition) is 2. The number of esters is 1. The van der Waals surface area contributed by atoms with E-state index < -0.39 is 30.1 Å². The molecule has 2 atom stereocenters. The van der Waals surface area contributed by atoms with Gasteiger partial charge < -0.3 is 25.8 Å². The highest BCUT2D eigenvalue weighted by molar-refractivity contribution is 5.86. The second-order valence-corrected chi connectivity index (χ2v) is 3.65. The molecule has 0 spiro atoms. The number of rotatable bonds is 4. The predicted octanol–water partition coefficient (Wildman–Crippen LogP) is -1.82. The lowest BCUT2D eigenvalue weighted by Crippen LogP contribution is -2.46. The first-order chi connectivity index (χ1) is 7.95. The number of hydrogen-bond acceptors (Lipinski definition) is 5. The Hall–Kier alpha value is -1.83. The molecule has 1 saturated heterocycles. The van der Waals surface area contributed by atoms with E-state index in [2.05, 4.69) is 4.74 Å². The highest BCUT2D eigenvalue weighted by atomic mass is 16.6. The van der Waals surface area contributed by atoms with Gasteiger partial charge in [0, 0.05) is 13.0 Å². The Morgan fingerprint density at radius 2 is 2.00 bits per heavy atom. The maximum atomic E-state index is 11.1. The number of amides is 3. The van der Waals surface area contributed by atoms with Crippen molar-refractivity contribution in [2.75, 3.05) is 20.3 Å². The number of nitrogens with zero attached hydrogens (tertiary/aromatic N) is 1. The summed E-state index contributed by atoms with van der Waals surface area (Å²) in [6, 6.07) is -1.52. The summed E-state index contributed by atoms with van der Waals surface area (Å²) >= 11 is 0. The minimum Gasteiger partial charge on any atom is -0.467 e. The molecule has 0 unspecified atom stereocenters. The normalized spacial score (nSPS) is 23.5. The van der Waals surface area contributed by atoms with E-state index in [0.717, 1.165) is 4.90 Å². The largest absolute Gasteiger partial charge is 0.467 e. The lowest BCUT2D eigenvalue weighted by Gasteiger charge is -2.18. The smallest absolute Gasteiger partial charge is 0.331 e. The van der Waals surface area contributed by atoms with E-state index in [4.69, 9.17) is 16.2 Å². The third-order valence-corrected chi connectivity index (χ3v) is 2.54. The number of urea groups is 1. The van der Waals surface area contributed by atoms with E-state index >= 15 is 0 Å². The summed E-state index contributed by atoms with van der Waals surface area (Å²) in [5, 5.41) is 0. The number of ether oxygens (including phenoxy) is 2. The minimum atomic E-state index is -0.782. The molecule has 4 N–H and O–H groups in total. The minimum absolute atomic E-state index is 0.139. The fraction of sp³-hybridized carbons (Fsp3) is 0.667. The standard InChI is InChI=1S/C9H15N3O5/c1-16-7(13)4-17-5-2-6(8(10)14)12(3-5)9(11)15/h5-6H,2-4H2,1H3,(H2,10,14)(H2,11,15)/t5-,6-/m1/s1. The molecular weight excluding hydrogens is 230 g/mol. The molecule has 0 bridgehead atoms. The van der Waals surface area contributed by atoms with Gasteiger partial charge >= 0.3 is 12.0 Å². The fourth-order valence-corrected chi connectivity index (χ4v) is 1.68. The second-order valence-electron chi connectivity index (χ2n) is 3.65. The monoisotopic (exact) mass is 245 g/mol. The van der Waals surface area contributed by atoms with Gasteiger partial charge in [0.25, 0.3) is 0 Å². The molecule has 3 amide bonds. The van der Waals surface area contributed by atoms with Gasteiger partial charge in [-0.2, -0.15) is 0 Å². The van der Waals surface area contributed by atoms with Crippen molar-refractivity contribution in [3.8, 4) is 0 Å². The van der Waals surface area contributed by atoms with E-state index in [-0.39, 0.29) is 19.6 Å². The van der Waals surface area contributed by atoms with E-state index in [1.54, 1.807) is 0 Å². The van der Waals surface area contributed by atoms with Crippen LogP contribution >= 0.6 is 0 Å². The summed E-state index contributed by atoms with van der Waals surface area (Å²) in [5.74, 6) is -1.17. The molecule has 96 valence electrons. The van der Waals surface area contributed by atoms with Crippen LogP contribution in [0.2, 0.25) is 0 Å². The highest BCUT2D eigenvalue weighted by Crippen LogP contribution is 2.19. The van der Waals surface area contributed by atoms with Crippen LogP contribution in [-0.4, -0.2) is 55.2 Å². The molecule has 17 heavy (non-hydrogen) atoms. The molecule has 8 nitrogen and oxygen atoms in total. The topological polar surface area (TPSA) is 125 Å². The van der Waals surface area contributed by atoms with Gasteiger partial charge in [-0.05, 0) is 0 Å². The molecular formula is C9H15N3O5. The number of methoxy groups -OCH3 is 1. The van der Waals surface area contributed by atoms with Gasteiger partial charge in [-0.1, -0.05) is 0 Å². The molecule has 0 aromatic rings. The lowest BCUT2D eigenvalue weighted by atomic mass is 10.2. The number of nitrogens with two attached hydrogens (primary N) is 2. The van der Waals surface area contributed by atoms with E-state index in [1.807, 2.05) is 0 Å². The van der Waals surface area contributed by atoms with Crippen molar-refractivity contribution >= 4 is 17.9 Å². The first-order valence-corrected chi connectivity index (χ1v) is 4.99. The summed E-state index contributed by atoms with van der Waals surface area (Å²) in [5.41, 5.74) is 10.2. The Balaban J connectivity index is 2.54. The van der Waals surface area contributed by atoms with Gasteiger partial charge in [-0.25, -0.2) is 9.59 Å². The van der Waals surface area contributed by atoms with E-state index in [1.165, 1.54) is 7.11 Å². The molecule has 0 saturated carbocycles. The molecule has 1 fully saturated rings. The van der Waals surface area contributed by atoms with Crippen LogP contribution in [0.1, 0.15) is 6.42 Å². The maximum Gasteiger partial charge on any atom is 0.331 e. The van der Waals surface area contributed by atoms with Crippen molar-refractivity contribution in [3.05, 3.63) is 0 Å². The Morgan fingerprint density at radius 1 is 1.35 bits per heavy atom. The highest BCUT2D eigenvalue weighted by Gasteiger charge is 2.38. The predicted molar refractivity (Wildman–Crippen MR) is 55.6 cm³/mol. The lowest BCUT2D eigenvalue weighted by molar-refractivity contribution is -0.147. The quantitative estimate of drug-likeness (QED) is 0.564. The summed E-state index contributed by atoms with van der Waals surface area (Å²) in [6.45, 7) is -0.0980. The number of carbonyl (C=O) groups excluding carboxylic acids is 3. The van der Waals surface area contributed by atoms with Crippen LogP contribution in [0.15, 0.2) is 0 Å². The van der Waals surface area contributed by atoms with Crippen molar-refractivity contribution in [1.82, 2.24) is 4.90 Å². The Bertz CT molecular complexity index is 311. The second kappa shape index (κ2) is 5.48. The maximum absolute atomic E-state index is 11.1. The molecule has 8 heteroatoms. The Labute approximate surface area is 97.8 Å². The molecule has 0 radical (unpaired) electrons. The number of likely N-dealkylation sites (tertiary alicyclic amines) is 1. The first-order valence-electron chi connectivity index (χ1n) is 4.99. The van der Waals surface area contributed by atoms with Crippen LogP contribution < -0.4 is 11.5 Å². The third-order valence-electron chi connectivity index (χ3n) is 2.54. The Morgan fingerprint density at radius 3 is 2.41 bits per heavy atom. The zero-order chi connectivity index (χ0) is 13.0. The average molecular weight is 245 g/mol. The zero-order valence-electron chi connectivity index (χ0n) is 9.42. The van der Waals surface area contributed by atoms with Crippen molar-refractivity contribution in [1.29, 1.82) is 0 Å². The van der Waals surface area contributed by atoms with Gasteiger partial charge in [0.05, 0.1) is 13.2 Å². The number of primary amides is 2. The third kappa shape index (κ3) is 3.31. The molecule has 1 heterocycles. The van der Waals surface area contributed by atoms with Crippen LogP contribution in [0, 0.1) is 0 Å². The summed E-state index contributed by atoms with van der Waals surface area (Å²) in [4.78, 5) is 34.1. The van der Waals surface area contributed by atoms with Crippen LogP contribution in [0.3, 0.4) is 0 Å². The molecule has 1 rings (SSSR count). The van der Waals surface area contributed by atoms with Crippen molar-refractivity contribution < 1.29 is 23.9 Å². The van der Waals surface area contributed by atoms with Crippen LogP contribution in [0.4, 0.5) is 4.79 Å². The van der Waals surface area contributed by atoms with Crippen molar-refractivity contribution in [2.45, 2.75) is 18.6 Å². The molecule has 0 aromatic carbocycles. The Kier molecular flexibility index (Phi) is 4.27. The molecule has 1 aliphatic heterocycles. The van der Waals surface area contributed by atoms with Gasteiger partial charge in [-0.15, -0.1) is 0 Å². The molecule has 0 aliphatic carbocycles. The summed E-state index contributed by atoms with van der Waals surface area (Å²) < 4.78 is 9.58. The SMILES string of the molecule is COC(=O)CO[C@@H]1C[C@H](C(N)=O)N(C(N)=O)C1. The van der Waals surface area contributed by atoms with Crippen molar-refractivity contribution in [3.63, 3.8) is 0 Å². The van der Waals surface area contributed by atoms with E-state index in [0.29, 0.717) is 0 Å². The van der Waals surface area contributed by atoms with Gasteiger partial charge in [-0.3, -0.25) is 4.79 Å².